The van der Waals surface area contributed by atoms with Crippen molar-refractivity contribution in [3.8, 4) is 23.0 Å². The van der Waals surface area contributed by atoms with Crippen LogP contribution in [-0.2, 0) is 10.8 Å². The number of amides is 1. The molecule has 0 saturated carbocycles. The van der Waals surface area contributed by atoms with Crippen LogP contribution in [0, 0.1) is 6.92 Å². The smallest absolute Gasteiger partial charge is 0.327 e. The molecule has 0 saturated heterocycles. The molecular formula is C29H35NO6. The van der Waals surface area contributed by atoms with Gasteiger partial charge in [-0.05, 0) is 65.5 Å². The van der Waals surface area contributed by atoms with Gasteiger partial charge in [-0.3, -0.25) is 4.79 Å². The summed E-state index contributed by atoms with van der Waals surface area (Å²) in [7, 11) is 4.58. The molecule has 0 spiro atoms. The van der Waals surface area contributed by atoms with Gasteiger partial charge >= 0.3 is 5.91 Å². The molecule has 36 heavy (non-hydrogen) atoms. The van der Waals surface area contributed by atoms with Crippen molar-refractivity contribution in [1.82, 2.24) is 0 Å². The van der Waals surface area contributed by atoms with Gasteiger partial charge in [-0.15, -0.1) is 5.06 Å². The third kappa shape index (κ3) is 4.50. The van der Waals surface area contributed by atoms with Crippen LogP contribution >= 0.6 is 0 Å². The summed E-state index contributed by atoms with van der Waals surface area (Å²) in [5, 5.41) is 1.17. The van der Waals surface area contributed by atoms with Crippen molar-refractivity contribution in [3.05, 3.63) is 65.1 Å². The molecule has 1 aliphatic rings. The van der Waals surface area contributed by atoms with E-state index in [0.29, 0.717) is 28.7 Å². The van der Waals surface area contributed by atoms with E-state index >= 15 is 0 Å². The number of furan rings is 1. The second-order valence-electron chi connectivity index (χ2n) is 10.5. The predicted octanol–water partition coefficient (Wildman–Crippen LogP) is 6.60. The summed E-state index contributed by atoms with van der Waals surface area (Å²) in [6.45, 7) is 11.1. The lowest BCUT2D eigenvalue weighted by Crippen LogP contribution is -2.36. The Balaban J connectivity index is 1.89. The molecule has 0 atom stereocenters. The van der Waals surface area contributed by atoms with Crippen molar-refractivity contribution in [2.75, 3.05) is 26.4 Å². The van der Waals surface area contributed by atoms with E-state index in [0.717, 1.165) is 18.4 Å². The van der Waals surface area contributed by atoms with Crippen LogP contribution in [0.15, 0.2) is 47.1 Å². The second-order valence-corrected chi connectivity index (χ2v) is 10.5. The minimum atomic E-state index is -0.501. The molecule has 1 amide bonds. The Bertz CT molecular complexity index is 1230. The molecular weight excluding hydrogens is 458 g/mol. The summed E-state index contributed by atoms with van der Waals surface area (Å²) < 4.78 is 22.1. The quantitative estimate of drug-likeness (QED) is 0.345. The van der Waals surface area contributed by atoms with Crippen molar-refractivity contribution in [1.29, 1.82) is 0 Å². The molecule has 4 rings (SSSR count). The van der Waals surface area contributed by atoms with Crippen molar-refractivity contribution in [3.63, 3.8) is 0 Å². The van der Waals surface area contributed by atoms with Crippen LogP contribution in [0.25, 0.3) is 0 Å². The largest absolute Gasteiger partial charge is 0.496 e. The number of fused-ring (bicyclic) bond motifs is 1. The zero-order chi connectivity index (χ0) is 26.3. The fraction of sp³-hybridized carbons (Fsp3) is 0.414. The van der Waals surface area contributed by atoms with Crippen LogP contribution in [-0.4, -0.2) is 27.2 Å². The highest BCUT2D eigenvalue weighted by atomic mass is 16.7. The molecule has 7 nitrogen and oxygen atoms in total. The summed E-state index contributed by atoms with van der Waals surface area (Å²) in [4.78, 5) is 20.1. The first kappa shape index (κ1) is 25.5. The average molecular weight is 494 g/mol. The highest BCUT2D eigenvalue weighted by Gasteiger charge is 2.38. The lowest BCUT2D eigenvalue weighted by Gasteiger charge is -2.42. The van der Waals surface area contributed by atoms with Gasteiger partial charge in [0.05, 0.1) is 27.6 Å². The standard InChI is InChI=1S/C29H35NO6/c1-18-14-20-21(29(4,5)12-11-28(20,2)3)17-23(18)36-30(27(31)22-10-9-13-35-22)26-24(33-7)15-19(32-6)16-25(26)34-8/h9-10,13-17H,11-12H2,1-8H3. The lowest BCUT2D eigenvalue weighted by atomic mass is 9.63. The second kappa shape index (κ2) is 9.45. The Kier molecular flexibility index (Phi) is 6.69. The van der Waals surface area contributed by atoms with Gasteiger partial charge in [0.15, 0.2) is 28.7 Å². The molecule has 2 aromatic carbocycles. The van der Waals surface area contributed by atoms with Gasteiger partial charge in [-0.25, -0.2) is 0 Å². The predicted molar refractivity (Wildman–Crippen MR) is 139 cm³/mol. The Morgan fingerprint density at radius 2 is 1.44 bits per heavy atom. The maximum atomic E-state index is 13.7. The molecule has 1 heterocycles. The van der Waals surface area contributed by atoms with E-state index in [-0.39, 0.29) is 16.6 Å². The number of nitrogens with zero attached hydrogens (tertiary/aromatic N) is 1. The Hall–Kier alpha value is -3.61. The molecule has 1 aliphatic carbocycles. The molecule has 0 fully saturated rings. The van der Waals surface area contributed by atoms with Crippen molar-refractivity contribution >= 4 is 11.6 Å². The van der Waals surface area contributed by atoms with E-state index in [1.807, 2.05) is 6.92 Å². The van der Waals surface area contributed by atoms with Gasteiger partial charge in [-0.2, -0.15) is 0 Å². The molecule has 0 unspecified atom stereocenters. The first-order valence-electron chi connectivity index (χ1n) is 12.0. The molecule has 3 aromatic rings. The average Bonchev–Trinajstić information content (AvgIpc) is 3.40. The van der Waals surface area contributed by atoms with Gasteiger partial charge in [0.2, 0.25) is 0 Å². The van der Waals surface area contributed by atoms with Gasteiger partial charge in [0.25, 0.3) is 0 Å². The number of methoxy groups -OCH3 is 3. The molecule has 192 valence electrons. The number of carbonyl (C=O) groups is 1. The Morgan fingerprint density at radius 1 is 0.861 bits per heavy atom. The summed E-state index contributed by atoms with van der Waals surface area (Å²) in [6, 6.07) is 10.8. The minimum absolute atomic E-state index is 0.0258. The summed E-state index contributed by atoms with van der Waals surface area (Å²) in [5.41, 5.74) is 3.79. The fourth-order valence-corrected chi connectivity index (χ4v) is 4.78. The summed E-state index contributed by atoms with van der Waals surface area (Å²) in [5.74, 6) is 1.41. The summed E-state index contributed by atoms with van der Waals surface area (Å²) >= 11 is 0. The molecule has 7 heteroatoms. The van der Waals surface area contributed by atoms with Gasteiger partial charge in [-0.1, -0.05) is 33.8 Å². The van der Waals surface area contributed by atoms with Gasteiger partial charge in [0, 0.05) is 12.1 Å². The zero-order valence-corrected chi connectivity index (χ0v) is 22.4. The third-order valence-corrected chi connectivity index (χ3v) is 7.15. The van der Waals surface area contributed by atoms with E-state index in [1.54, 1.807) is 31.4 Å². The van der Waals surface area contributed by atoms with E-state index in [1.165, 1.54) is 36.7 Å². The number of carbonyl (C=O) groups excluding carboxylic acids is 1. The summed E-state index contributed by atoms with van der Waals surface area (Å²) in [6.07, 6.45) is 3.61. The number of hydrogen-bond acceptors (Lipinski definition) is 6. The minimum Gasteiger partial charge on any atom is -0.496 e. The topological polar surface area (TPSA) is 70.4 Å². The first-order chi connectivity index (χ1) is 17.0. The Morgan fingerprint density at radius 3 is 1.94 bits per heavy atom. The third-order valence-electron chi connectivity index (χ3n) is 7.15. The number of hydroxylamine groups is 1. The molecule has 0 aliphatic heterocycles. The van der Waals surface area contributed by atoms with Crippen molar-refractivity contribution < 1.29 is 28.3 Å². The van der Waals surface area contributed by atoms with E-state index in [2.05, 4.69) is 39.8 Å². The van der Waals surface area contributed by atoms with Crippen LogP contribution in [0.2, 0.25) is 0 Å². The zero-order valence-electron chi connectivity index (χ0n) is 22.4. The number of benzene rings is 2. The molecule has 0 radical (unpaired) electrons. The van der Waals surface area contributed by atoms with Crippen LogP contribution < -0.4 is 24.1 Å². The van der Waals surface area contributed by atoms with E-state index < -0.39 is 5.91 Å². The molecule has 0 bridgehead atoms. The van der Waals surface area contributed by atoms with Crippen molar-refractivity contribution in [2.45, 2.75) is 58.3 Å². The monoisotopic (exact) mass is 493 g/mol. The molecule has 0 N–H and O–H groups in total. The maximum Gasteiger partial charge on any atom is 0.327 e. The van der Waals surface area contributed by atoms with Gasteiger partial charge in [0.1, 0.15) is 5.75 Å². The van der Waals surface area contributed by atoms with Gasteiger partial charge < -0.3 is 23.5 Å². The SMILES string of the molecule is COc1cc(OC)c(N(Oc2cc3c(cc2C)C(C)(C)CCC3(C)C)C(=O)c2ccco2)c(OC)c1. The number of aryl methyl sites for hydroxylation is 1. The number of anilines is 1. The van der Waals surface area contributed by atoms with Crippen molar-refractivity contribution in [2.24, 2.45) is 0 Å². The highest BCUT2D eigenvalue weighted by Crippen LogP contribution is 2.48. The Labute approximate surface area is 212 Å². The van der Waals surface area contributed by atoms with Crippen LogP contribution in [0.4, 0.5) is 5.69 Å². The number of rotatable bonds is 7. The molecule has 1 aromatic heterocycles. The van der Waals surface area contributed by atoms with E-state index in [9.17, 15) is 4.79 Å². The van der Waals surface area contributed by atoms with Crippen LogP contribution in [0.1, 0.15) is 67.8 Å². The lowest BCUT2D eigenvalue weighted by molar-refractivity contribution is 0.0847. The normalized spacial score (nSPS) is 15.6. The first-order valence-corrected chi connectivity index (χ1v) is 12.0. The van der Waals surface area contributed by atoms with E-state index in [4.69, 9.17) is 23.5 Å². The van der Waals surface area contributed by atoms with Crippen LogP contribution in [0.5, 0.6) is 23.0 Å². The highest BCUT2D eigenvalue weighted by molar-refractivity contribution is 6.05. The van der Waals surface area contributed by atoms with Crippen LogP contribution in [0.3, 0.4) is 0 Å². The number of hydrogen-bond donors (Lipinski definition) is 0. The number of ether oxygens (including phenoxy) is 3. The fourth-order valence-electron chi connectivity index (χ4n) is 4.78. The maximum absolute atomic E-state index is 13.7.